The highest BCUT2D eigenvalue weighted by Gasteiger charge is 2.24. The summed E-state index contributed by atoms with van der Waals surface area (Å²) in [7, 11) is 1.63. The lowest BCUT2D eigenvalue weighted by Crippen LogP contribution is -2.47. The van der Waals surface area contributed by atoms with Crippen molar-refractivity contribution in [2.45, 2.75) is 26.1 Å². The van der Waals surface area contributed by atoms with Gasteiger partial charge >= 0.3 is 0 Å². The van der Waals surface area contributed by atoms with E-state index in [-0.39, 0.29) is 18.0 Å². The number of benzene rings is 1. The maximum absolute atomic E-state index is 12.7. The zero-order valence-corrected chi connectivity index (χ0v) is 13.3. The molecule has 5 heteroatoms. The second-order valence-corrected chi connectivity index (χ2v) is 5.99. The van der Waals surface area contributed by atoms with Gasteiger partial charge in [-0.2, -0.15) is 0 Å². The van der Waals surface area contributed by atoms with Crippen LogP contribution in [0.15, 0.2) is 24.4 Å². The summed E-state index contributed by atoms with van der Waals surface area (Å²) >= 11 is 0. The number of aromatic amines is 1. The van der Waals surface area contributed by atoms with Gasteiger partial charge in [-0.05, 0) is 32.0 Å². The lowest BCUT2D eigenvalue weighted by molar-refractivity contribution is -0.0652. The average Bonchev–Trinajstić information content (AvgIpc) is 2.88. The second-order valence-electron chi connectivity index (χ2n) is 5.99. The summed E-state index contributed by atoms with van der Waals surface area (Å²) in [6.45, 7) is 6.10. The van der Waals surface area contributed by atoms with Crippen molar-refractivity contribution >= 4 is 16.7 Å². The Balaban J connectivity index is 1.80. The van der Waals surface area contributed by atoms with Gasteiger partial charge in [0.05, 0.1) is 25.9 Å². The monoisotopic (exact) mass is 302 g/mol. The molecule has 0 spiro atoms. The van der Waals surface area contributed by atoms with E-state index < -0.39 is 0 Å². The van der Waals surface area contributed by atoms with Crippen LogP contribution < -0.4 is 4.74 Å². The fourth-order valence-corrected chi connectivity index (χ4v) is 3.16. The quantitative estimate of drug-likeness (QED) is 0.882. The highest BCUT2D eigenvalue weighted by atomic mass is 16.5. The minimum atomic E-state index is 0.126. The standard InChI is InChI=1S/C17H22N2O3/c1-11-8-19(9-12(2)22-11)10-17(20)15-7-18-16-5-4-13(21-3)6-14(15)16/h4-7,11-12,18H,8-10H2,1-3H3/t11-,12-/m1/s1. The molecule has 0 radical (unpaired) electrons. The molecular weight excluding hydrogens is 280 g/mol. The van der Waals surface area contributed by atoms with Gasteiger partial charge in [-0.1, -0.05) is 0 Å². The number of Topliss-reactive ketones (excluding diaryl/α,β-unsaturated/α-hetero) is 1. The molecule has 1 aromatic heterocycles. The molecule has 0 saturated carbocycles. The number of nitrogens with zero attached hydrogens (tertiary/aromatic N) is 1. The van der Waals surface area contributed by atoms with Crippen molar-refractivity contribution in [1.82, 2.24) is 9.88 Å². The minimum absolute atomic E-state index is 0.126. The van der Waals surface area contributed by atoms with Gasteiger partial charge in [-0.15, -0.1) is 0 Å². The van der Waals surface area contributed by atoms with Crippen LogP contribution in [0.25, 0.3) is 10.9 Å². The molecule has 22 heavy (non-hydrogen) atoms. The van der Waals surface area contributed by atoms with Crippen LogP contribution in [0.3, 0.4) is 0 Å². The number of carbonyl (C=O) groups is 1. The van der Waals surface area contributed by atoms with Crippen LogP contribution in [-0.4, -0.2) is 54.6 Å². The summed E-state index contributed by atoms with van der Waals surface area (Å²) < 4.78 is 11.0. The number of aromatic nitrogens is 1. The number of fused-ring (bicyclic) bond motifs is 1. The third-order valence-corrected chi connectivity index (χ3v) is 4.05. The number of rotatable bonds is 4. The topological polar surface area (TPSA) is 54.6 Å². The van der Waals surface area contributed by atoms with Gasteiger partial charge in [0.25, 0.3) is 0 Å². The molecule has 2 atom stereocenters. The first kappa shape index (κ1) is 15.1. The van der Waals surface area contributed by atoms with E-state index in [1.54, 1.807) is 13.3 Å². The molecule has 0 amide bonds. The number of carbonyl (C=O) groups excluding carboxylic acids is 1. The molecule has 5 nitrogen and oxygen atoms in total. The predicted octanol–water partition coefficient (Wildman–Crippen LogP) is 2.47. The average molecular weight is 302 g/mol. The third kappa shape index (κ3) is 3.00. The first-order valence-electron chi connectivity index (χ1n) is 7.63. The van der Waals surface area contributed by atoms with E-state index in [0.29, 0.717) is 6.54 Å². The molecule has 3 rings (SSSR count). The van der Waals surface area contributed by atoms with Gasteiger partial charge in [0.1, 0.15) is 5.75 Å². The van der Waals surface area contributed by atoms with E-state index in [1.165, 1.54) is 0 Å². The molecule has 2 aromatic rings. The van der Waals surface area contributed by atoms with E-state index in [4.69, 9.17) is 9.47 Å². The number of ketones is 1. The van der Waals surface area contributed by atoms with Crippen molar-refractivity contribution in [3.8, 4) is 5.75 Å². The Kier molecular flexibility index (Phi) is 4.18. The van der Waals surface area contributed by atoms with Crippen molar-refractivity contribution in [3.63, 3.8) is 0 Å². The Morgan fingerprint density at radius 3 is 2.77 bits per heavy atom. The molecular formula is C17H22N2O3. The molecule has 118 valence electrons. The Labute approximate surface area is 130 Å². The van der Waals surface area contributed by atoms with Crippen LogP contribution in [0.4, 0.5) is 0 Å². The molecule has 2 heterocycles. The van der Waals surface area contributed by atoms with Crippen molar-refractivity contribution < 1.29 is 14.3 Å². The van der Waals surface area contributed by atoms with Crippen LogP contribution in [0, 0.1) is 0 Å². The van der Waals surface area contributed by atoms with Crippen LogP contribution in [0.1, 0.15) is 24.2 Å². The SMILES string of the molecule is COc1ccc2[nH]cc(C(=O)CN3C[C@@H](C)O[C@H](C)C3)c2c1. The second kappa shape index (κ2) is 6.10. The third-order valence-electron chi connectivity index (χ3n) is 4.05. The molecule has 1 aliphatic rings. The summed E-state index contributed by atoms with van der Waals surface area (Å²) in [6.07, 6.45) is 2.12. The molecule has 1 aliphatic heterocycles. The molecule has 0 bridgehead atoms. The lowest BCUT2D eigenvalue weighted by atomic mass is 10.1. The van der Waals surface area contributed by atoms with Crippen molar-refractivity contribution in [3.05, 3.63) is 30.0 Å². The number of nitrogens with one attached hydrogen (secondary N) is 1. The van der Waals surface area contributed by atoms with E-state index in [2.05, 4.69) is 9.88 Å². The zero-order valence-electron chi connectivity index (χ0n) is 13.3. The molecule has 1 saturated heterocycles. The Hall–Kier alpha value is -1.85. The minimum Gasteiger partial charge on any atom is -0.497 e. The summed E-state index contributed by atoms with van der Waals surface area (Å²) in [4.78, 5) is 18.0. The zero-order chi connectivity index (χ0) is 15.7. The maximum atomic E-state index is 12.7. The van der Waals surface area contributed by atoms with Crippen LogP contribution >= 0.6 is 0 Å². The molecule has 0 unspecified atom stereocenters. The van der Waals surface area contributed by atoms with E-state index >= 15 is 0 Å². The molecule has 1 N–H and O–H groups in total. The van der Waals surface area contributed by atoms with Gasteiger partial charge in [-0.25, -0.2) is 0 Å². The van der Waals surface area contributed by atoms with Crippen LogP contribution in [-0.2, 0) is 4.74 Å². The largest absolute Gasteiger partial charge is 0.497 e. The first-order chi connectivity index (χ1) is 10.6. The summed E-state index contributed by atoms with van der Waals surface area (Å²) in [5.74, 6) is 0.885. The number of methoxy groups -OCH3 is 1. The van der Waals surface area contributed by atoms with Gasteiger partial charge in [0.2, 0.25) is 0 Å². The first-order valence-corrected chi connectivity index (χ1v) is 7.63. The van der Waals surface area contributed by atoms with Gasteiger partial charge in [-0.3, -0.25) is 9.69 Å². The molecule has 0 aliphatic carbocycles. The fourth-order valence-electron chi connectivity index (χ4n) is 3.16. The van der Waals surface area contributed by atoms with Gasteiger partial charge in [0, 0.05) is 35.8 Å². The Morgan fingerprint density at radius 1 is 1.36 bits per heavy atom. The number of hydrogen-bond acceptors (Lipinski definition) is 4. The molecule has 1 fully saturated rings. The van der Waals surface area contributed by atoms with Gasteiger partial charge in [0.15, 0.2) is 5.78 Å². The number of morpholine rings is 1. The number of ether oxygens (including phenoxy) is 2. The molecule has 1 aromatic carbocycles. The highest BCUT2D eigenvalue weighted by molar-refractivity contribution is 6.09. The normalized spacial score (nSPS) is 22.9. The van der Waals surface area contributed by atoms with Crippen LogP contribution in [0.5, 0.6) is 5.75 Å². The lowest BCUT2D eigenvalue weighted by Gasteiger charge is -2.34. The van der Waals surface area contributed by atoms with E-state index in [9.17, 15) is 4.79 Å². The smallest absolute Gasteiger partial charge is 0.178 e. The maximum Gasteiger partial charge on any atom is 0.178 e. The van der Waals surface area contributed by atoms with Crippen LogP contribution in [0.2, 0.25) is 0 Å². The number of H-pyrrole nitrogens is 1. The highest BCUT2D eigenvalue weighted by Crippen LogP contribution is 2.24. The Bertz CT molecular complexity index is 670. The fraction of sp³-hybridized carbons (Fsp3) is 0.471. The van der Waals surface area contributed by atoms with Crippen molar-refractivity contribution in [2.24, 2.45) is 0 Å². The summed E-state index contributed by atoms with van der Waals surface area (Å²) in [6, 6.07) is 5.73. The van der Waals surface area contributed by atoms with Crippen molar-refractivity contribution in [2.75, 3.05) is 26.7 Å². The number of hydrogen-bond donors (Lipinski definition) is 1. The van der Waals surface area contributed by atoms with Gasteiger partial charge < -0.3 is 14.5 Å². The van der Waals surface area contributed by atoms with Crippen molar-refractivity contribution in [1.29, 1.82) is 0 Å². The van der Waals surface area contributed by atoms with E-state index in [0.717, 1.165) is 35.3 Å². The predicted molar refractivity (Wildman–Crippen MR) is 85.6 cm³/mol. The van der Waals surface area contributed by atoms with E-state index in [1.807, 2.05) is 32.0 Å². The summed E-state index contributed by atoms with van der Waals surface area (Å²) in [5.41, 5.74) is 1.67. The summed E-state index contributed by atoms with van der Waals surface area (Å²) in [5, 5.41) is 0.915. The Morgan fingerprint density at radius 2 is 2.09 bits per heavy atom.